The third-order valence-corrected chi connectivity index (χ3v) is 7.71. The third kappa shape index (κ3) is 5.69. The van der Waals surface area contributed by atoms with Crippen LogP contribution in [0, 0.1) is 11.3 Å². The molecule has 7 nitrogen and oxygen atoms in total. The molecule has 2 aromatic rings. The van der Waals surface area contributed by atoms with Gasteiger partial charge in [0.2, 0.25) is 0 Å². The van der Waals surface area contributed by atoms with E-state index in [-0.39, 0.29) is 57.2 Å². The van der Waals surface area contributed by atoms with Gasteiger partial charge in [0, 0.05) is 34.0 Å². The zero-order valence-corrected chi connectivity index (χ0v) is 22.3. The Labute approximate surface area is 222 Å². The molecule has 0 saturated heterocycles. The molecule has 0 fully saturated rings. The summed E-state index contributed by atoms with van der Waals surface area (Å²) in [4.78, 5) is 37.2. The molecule has 1 aliphatic carbocycles. The highest BCUT2D eigenvalue weighted by Crippen LogP contribution is 2.42. The molecule has 2 aromatic carbocycles. The summed E-state index contributed by atoms with van der Waals surface area (Å²) >= 11 is 3.51. The molecule has 37 heavy (non-hydrogen) atoms. The standard InChI is InChI=1S/C29H27BrO7/c1-16(13-29(2,3)15-30)14-36-28(35)17-4-7-20(27(33)34)23(10-17)26-21-8-5-18(31)11-24(21)37-25-12-19(32)6-9-22(25)26/h4-12,16,31H,13-15H2,1-3H3,(H,33,34). The molecular weight excluding hydrogens is 540 g/mol. The van der Waals surface area contributed by atoms with E-state index in [9.17, 15) is 24.6 Å². The van der Waals surface area contributed by atoms with Crippen LogP contribution in [0.15, 0.2) is 63.8 Å². The van der Waals surface area contributed by atoms with Crippen LogP contribution in [0.5, 0.6) is 5.75 Å². The first-order valence-electron chi connectivity index (χ1n) is 11.8. The molecule has 0 radical (unpaired) electrons. The smallest absolute Gasteiger partial charge is 0.338 e. The Bertz CT molecular complexity index is 1520. The number of alkyl halides is 1. The van der Waals surface area contributed by atoms with Crippen molar-refractivity contribution in [2.75, 3.05) is 11.9 Å². The number of phenols is 1. The fraction of sp³-hybridized carbons (Fsp3) is 0.276. The van der Waals surface area contributed by atoms with Gasteiger partial charge in [0.25, 0.3) is 0 Å². The van der Waals surface area contributed by atoms with Crippen molar-refractivity contribution in [1.29, 1.82) is 0 Å². The second-order valence-corrected chi connectivity index (χ2v) is 10.6. The van der Waals surface area contributed by atoms with Gasteiger partial charge in [0.1, 0.15) is 17.1 Å². The number of benzene rings is 3. The summed E-state index contributed by atoms with van der Waals surface area (Å²) in [5.74, 6) is -1.43. The van der Waals surface area contributed by atoms with Crippen molar-refractivity contribution in [2.45, 2.75) is 27.2 Å². The molecule has 2 N–H and O–H groups in total. The molecule has 192 valence electrons. The highest BCUT2D eigenvalue weighted by molar-refractivity contribution is 9.09. The van der Waals surface area contributed by atoms with Crippen molar-refractivity contribution in [3.05, 3.63) is 75.9 Å². The van der Waals surface area contributed by atoms with Crippen LogP contribution < -0.4 is 5.43 Å². The number of carbonyl (C=O) groups is 2. The Balaban J connectivity index is 1.81. The molecule has 2 aliphatic rings. The van der Waals surface area contributed by atoms with E-state index in [0.29, 0.717) is 16.5 Å². The van der Waals surface area contributed by atoms with E-state index >= 15 is 0 Å². The number of ether oxygens (including phenoxy) is 1. The summed E-state index contributed by atoms with van der Waals surface area (Å²) in [5.41, 5.74) is 1.44. The molecule has 0 spiro atoms. The number of hydrogen-bond acceptors (Lipinski definition) is 6. The third-order valence-electron chi connectivity index (χ3n) is 6.19. The van der Waals surface area contributed by atoms with Gasteiger partial charge in [-0.05, 0) is 65.8 Å². The van der Waals surface area contributed by atoms with Crippen molar-refractivity contribution < 1.29 is 29.0 Å². The van der Waals surface area contributed by atoms with Gasteiger partial charge in [0.15, 0.2) is 5.43 Å². The molecule has 8 heteroatoms. The Morgan fingerprint density at radius 1 is 1.05 bits per heavy atom. The summed E-state index contributed by atoms with van der Waals surface area (Å²) in [6.45, 7) is 6.51. The number of carbonyl (C=O) groups excluding carboxylic acids is 1. The van der Waals surface area contributed by atoms with Gasteiger partial charge in [0.05, 0.1) is 17.7 Å². The van der Waals surface area contributed by atoms with E-state index in [2.05, 4.69) is 29.8 Å². The van der Waals surface area contributed by atoms with Crippen molar-refractivity contribution in [3.63, 3.8) is 0 Å². The predicted octanol–water partition coefficient (Wildman–Crippen LogP) is 6.57. The number of aromatic hydroxyl groups is 1. The lowest BCUT2D eigenvalue weighted by Gasteiger charge is -2.25. The summed E-state index contributed by atoms with van der Waals surface area (Å²) < 4.78 is 11.4. The maximum absolute atomic E-state index is 13.0. The zero-order valence-electron chi connectivity index (χ0n) is 20.7. The van der Waals surface area contributed by atoms with E-state index in [1.165, 1.54) is 42.5 Å². The fourth-order valence-electron chi connectivity index (χ4n) is 4.57. The van der Waals surface area contributed by atoms with Crippen molar-refractivity contribution >= 4 is 38.8 Å². The number of carboxylic acids is 1. The molecule has 1 heterocycles. The van der Waals surface area contributed by atoms with E-state index in [1.54, 1.807) is 12.1 Å². The van der Waals surface area contributed by atoms with Crippen LogP contribution in [-0.4, -0.2) is 34.1 Å². The summed E-state index contributed by atoms with van der Waals surface area (Å²) in [6, 6.07) is 13.0. The maximum atomic E-state index is 13.0. The summed E-state index contributed by atoms with van der Waals surface area (Å²) in [6.07, 6.45) is 0.856. The maximum Gasteiger partial charge on any atom is 0.338 e. The molecule has 1 atom stereocenters. The predicted molar refractivity (Wildman–Crippen MR) is 145 cm³/mol. The van der Waals surface area contributed by atoms with Gasteiger partial charge >= 0.3 is 11.9 Å². The van der Waals surface area contributed by atoms with Crippen LogP contribution in [-0.2, 0) is 4.74 Å². The number of fused-ring (bicyclic) bond motifs is 2. The molecule has 0 aromatic heterocycles. The molecule has 0 amide bonds. The summed E-state index contributed by atoms with van der Waals surface area (Å²) in [5, 5.41) is 21.3. The Kier molecular flexibility index (Phi) is 7.41. The lowest BCUT2D eigenvalue weighted by atomic mass is 9.86. The largest absolute Gasteiger partial charge is 0.508 e. The first kappa shape index (κ1) is 26.4. The average molecular weight is 567 g/mol. The van der Waals surface area contributed by atoms with E-state index in [0.717, 1.165) is 11.8 Å². The van der Waals surface area contributed by atoms with E-state index < -0.39 is 11.9 Å². The first-order chi connectivity index (χ1) is 17.5. The van der Waals surface area contributed by atoms with Gasteiger partial charge in [-0.25, -0.2) is 9.59 Å². The highest BCUT2D eigenvalue weighted by Gasteiger charge is 2.25. The Hall–Kier alpha value is -3.65. The normalized spacial score (nSPS) is 12.5. The van der Waals surface area contributed by atoms with Crippen LogP contribution in [0.2, 0.25) is 0 Å². The number of halogens is 1. The minimum absolute atomic E-state index is 0.0305. The number of hydrogen-bond donors (Lipinski definition) is 2. The SMILES string of the molecule is CC(COC(=O)c1ccc(C(=O)O)c(-c2c3ccc(=O)cc-3oc3cc(O)ccc23)c1)CC(C)(C)CBr. The fourth-order valence-corrected chi connectivity index (χ4v) is 4.80. The van der Waals surface area contributed by atoms with Crippen LogP contribution in [0.3, 0.4) is 0 Å². The van der Waals surface area contributed by atoms with Crippen LogP contribution in [0.25, 0.3) is 33.4 Å². The Morgan fingerprint density at radius 3 is 2.51 bits per heavy atom. The van der Waals surface area contributed by atoms with Crippen LogP contribution in [0.4, 0.5) is 0 Å². The molecule has 1 aliphatic heterocycles. The monoisotopic (exact) mass is 566 g/mol. The van der Waals surface area contributed by atoms with Gasteiger partial charge < -0.3 is 19.4 Å². The molecule has 4 rings (SSSR count). The second kappa shape index (κ2) is 10.4. The zero-order chi connectivity index (χ0) is 26.9. The molecule has 1 unspecified atom stereocenters. The lowest BCUT2D eigenvalue weighted by molar-refractivity contribution is 0.0421. The van der Waals surface area contributed by atoms with Gasteiger partial charge in [-0.1, -0.05) is 36.7 Å². The molecule has 0 bridgehead atoms. The topological polar surface area (TPSA) is 114 Å². The number of rotatable bonds is 8. The van der Waals surface area contributed by atoms with Gasteiger partial charge in [-0.15, -0.1) is 0 Å². The van der Waals surface area contributed by atoms with Crippen molar-refractivity contribution in [3.8, 4) is 28.2 Å². The number of phenolic OH excluding ortho intramolecular Hbond substituents is 1. The average Bonchev–Trinajstić information content (AvgIpc) is 2.85. The first-order valence-corrected chi connectivity index (χ1v) is 12.9. The van der Waals surface area contributed by atoms with Gasteiger partial charge in [-0.3, -0.25) is 4.79 Å². The van der Waals surface area contributed by atoms with E-state index in [1.807, 2.05) is 6.92 Å². The van der Waals surface area contributed by atoms with Crippen LogP contribution in [0.1, 0.15) is 47.9 Å². The number of aromatic carboxylic acids is 1. The minimum atomic E-state index is -1.18. The molecular formula is C29H27BrO7. The quantitative estimate of drug-likeness (QED) is 0.141. The van der Waals surface area contributed by atoms with Gasteiger partial charge in [-0.2, -0.15) is 0 Å². The van der Waals surface area contributed by atoms with Crippen molar-refractivity contribution in [2.24, 2.45) is 11.3 Å². The van der Waals surface area contributed by atoms with Crippen molar-refractivity contribution in [1.82, 2.24) is 0 Å². The van der Waals surface area contributed by atoms with E-state index in [4.69, 9.17) is 9.15 Å². The minimum Gasteiger partial charge on any atom is -0.508 e. The van der Waals surface area contributed by atoms with Crippen LogP contribution >= 0.6 is 15.9 Å². The highest BCUT2D eigenvalue weighted by atomic mass is 79.9. The number of carboxylic acid groups (broad SMARTS) is 1. The summed E-state index contributed by atoms with van der Waals surface area (Å²) in [7, 11) is 0. The lowest BCUT2D eigenvalue weighted by Crippen LogP contribution is -2.21. The second-order valence-electron chi connectivity index (χ2n) is 10.1. The molecule has 0 saturated carbocycles. The Morgan fingerprint density at radius 2 is 1.81 bits per heavy atom. The number of esters is 1.